The molecule has 184 valence electrons. The molecule has 0 aliphatic heterocycles. The molecule has 2 aliphatic rings. The Morgan fingerprint density at radius 1 is 0.594 bits per heavy atom. The van der Waals surface area contributed by atoms with Crippen LogP contribution in [0.3, 0.4) is 0 Å². The van der Waals surface area contributed by atoms with E-state index in [-0.39, 0.29) is 41.8 Å². The van der Waals surface area contributed by atoms with Gasteiger partial charge in [-0.25, -0.2) is 23.3 Å². The van der Waals surface area contributed by atoms with Crippen LogP contribution < -0.4 is 24.8 Å². The molecule has 0 atom stereocenters. The first-order chi connectivity index (χ1) is 13.2. The normalized spacial score (nSPS) is 16.0. The van der Waals surface area contributed by atoms with E-state index in [1.165, 1.54) is 22.3 Å². The van der Waals surface area contributed by atoms with Gasteiger partial charge in [-0.1, -0.05) is 83.1 Å². The molecule has 0 aromatic carbocycles. The van der Waals surface area contributed by atoms with E-state index in [1.807, 2.05) is 0 Å². The SMILES string of the molecule is CC(C)(C)C1=[C-]CC(C(C)(C)C)=C1.CC(C)(C)C1=[C-]CC(C(C)(C)C)=C1.C[Si](C)=[Ti+2].[Cl-].[Cl-]. The van der Waals surface area contributed by atoms with Gasteiger partial charge in [0.15, 0.2) is 0 Å². The van der Waals surface area contributed by atoms with Gasteiger partial charge in [-0.15, -0.1) is 12.8 Å². The van der Waals surface area contributed by atoms with Crippen molar-refractivity contribution in [1.29, 1.82) is 0 Å². The van der Waals surface area contributed by atoms with E-state index in [0.717, 1.165) is 12.8 Å². The number of halogens is 2. The summed E-state index contributed by atoms with van der Waals surface area (Å²) in [4.78, 5) is 0. The van der Waals surface area contributed by atoms with Crippen molar-refractivity contribution in [3.8, 4) is 0 Å². The molecule has 0 radical (unpaired) electrons. The molecule has 0 spiro atoms. The Bertz CT molecular complexity index is 663. The van der Waals surface area contributed by atoms with Gasteiger partial charge in [-0.05, 0) is 21.7 Å². The zero-order valence-corrected chi connectivity index (χ0v) is 27.4. The van der Waals surface area contributed by atoms with E-state index in [1.54, 1.807) is 0 Å². The molecule has 0 N–H and O–H groups in total. The Kier molecular flexibility index (Phi) is 16.4. The van der Waals surface area contributed by atoms with Crippen molar-refractivity contribution in [2.24, 2.45) is 21.7 Å². The molecule has 0 nitrogen and oxygen atoms in total. The molecule has 0 aromatic heterocycles. The summed E-state index contributed by atoms with van der Waals surface area (Å²) in [6.07, 6.45) is 13.8. The maximum atomic E-state index is 3.48. The minimum atomic E-state index is 0. The van der Waals surface area contributed by atoms with Gasteiger partial charge in [0, 0.05) is 0 Å². The van der Waals surface area contributed by atoms with Crippen LogP contribution in [0.15, 0.2) is 34.4 Å². The van der Waals surface area contributed by atoms with E-state index >= 15 is 0 Å². The molecule has 0 saturated carbocycles. The first-order valence-corrected chi connectivity index (χ1v) is 16.2. The van der Waals surface area contributed by atoms with Gasteiger partial charge in [-0.3, -0.25) is 12.2 Å². The zero-order chi connectivity index (χ0) is 24.1. The van der Waals surface area contributed by atoms with Crippen LogP contribution in [0.25, 0.3) is 0 Å². The zero-order valence-electron chi connectivity index (χ0n) is 23.3. The minimum absolute atomic E-state index is 0. The van der Waals surface area contributed by atoms with Crippen molar-refractivity contribution in [1.82, 2.24) is 0 Å². The fourth-order valence-corrected chi connectivity index (χ4v) is 2.86. The molecular formula is C28H48Cl2SiTi-2. The van der Waals surface area contributed by atoms with Gasteiger partial charge in [0.25, 0.3) is 0 Å². The average molecular weight is 532 g/mol. The van der Waals surface area contributed by atoms with Crippen LogP contribution >= 0.6 is 0 Å². The molecule has 2 aliphatic carbocycles. The predicted molar refractivity (Wildman–Crippen MR) is 134 cm³/mol. The molecular weight excluding hydrogens is 483 g/mol. The first-order valence-electron chi connectivity index (χ1n) is 11.3. The molecule has 2 rings (SSSR count). The van der Waals surface area contributed by atoms with Crippen molar-refractivity contribution in [2.45, 2.75) is 109 Å². The maximum absolute atomic E-state index is 3.48. The molecule has 0 heterocycles. The van der Waals surface area contributed by atoms with Crippen LogP contribution in [0, 0.1) is 33.8 Å². The number of rotatable bonds is 0. The Morgan fingerprint density at radius 2 is 0.812 bits per heavy atom. The summed E-state index contributed by atoms with van der Waals surface area (Å²) in [6.45, 7) is 31.6. The Balaban J connectivity index is -0.000000428. The average Bonchev–Trinajstić information content (AvgIpc) is 3.15. The molecule has 0 fully saturated rings. The molecule has 4 heteroatoms. The largest absolute Gasteiger partial charge is 1.00 e. The molecule has 0 saturated heterocycles. The standard InChI is InChI=1S/2C13H21.C2H6Si.2ClH.Ti/c2*1-12(2,3)10-7-8-11(9-10)13(4,5)6;1-3-2;;;/h2*9H,7H2,1-6H3;1-2H3;2*1H;/q2*-1;;;;+2/p-2. The Labute approximate surface area is 226 Å². The number of hydrogen-bond acceptors (Lipinski definition) is 0. The predicted octanol–water partition coefficient (Wildman–Crippen LogP) is 3.07. The van der Waals surface area contributed by atoms with Crippen LogP contribution in [0.1, 0.15) is 95.9 Å². The van der Waals surface area contributed by atoms with E-state index in [2.05, 4.69) is 140 Å². The Hall–Kier alpha value is 0.471. The van der Waals surface area contributed by atoms with Gasteiger partial charge in [0.2, 0.25) is 0 Å². The van der Waals surface area contributed by atoms with Gasteiger partial charge < -0.3 is 24.8 Å². The molecule has 32 heavy (non-hydrogen) atoms. The van der Waals surface area contributed by atoms with Crippen LogP contribution in [-0.2, 0) is 19.2 Å². The van der Waals surface area contributed by atoms with Crippen molar-refractivity contribution >= 4 is 6.19 Å². The Morgan fingerprint density at radius 3 is 0.906 bits per heavy atom. The molecule has 0 unspecified atom stereocenters. The fourth-order valence-electron chi connectivity index (χ4n) is 2.86. The third-order valence-electron chi connectivity index (χ3n) is 5.12. The van der Waals surface area contributed by atoms with Crippen LogP contribution in [0.4, 0.5) is 0 Å². The van der Waals surface area contributed by atoms with E-state index in [9.17, 15) is 0 Å². The van der Waals surface area contributed by atoms with Gasteiger partial charge >= 0.3 is 38.5 Å². The monoisotopic (exact) mass is 530 g/mol. The molecule has 0 aromatic rings. The van der Waals surface area contributed by atoms with Crippen molar-refractivity contribution < 1.29 is 44.0 Å². The summed E-state index contributed by atoms with van der Waals surface area (Å²) >= 11 is 2.27. The topological polar surface area (TPSA) is 0 Å². The summed E-state index contributed by atoms with van der Waals surface area (Å²) < 4.78 is 0. The minimum Gasteiger partial charge on any atom is -1.00 e. The maximum Gasteiger partial charge on any atom is -1.00 e. The summed E-state index contributed by atoms with van der Waals surface area (Å²) in [5.41, 5.74) is 6.89. The summed E-state index contributed by atoms with van der Waals surface area (Å²) in [5, 5.41) is 0. The molecule has 0 amide bonds. The van der Waals surface area contributed by atoms with Crippen molar-refractivity contribution in [2.75, 3.05) is 0 Å². The first kappa shape index (κ1) is 37.0. The van der Waals surface area contributed by atoms with E-state index < -0.39 is 0 Å². The number of hydrogen-bond donors (Lipinski definition) is 0. The van der Waals surface area contributed by atoms with Crippen molar-refractivity contribution in [3.63, 3.8) is 0 Å². The summed E-state index contributed by atoms with van der Waals surface area (Å²) in [6, 6.07) is 0. The third kappa shape index (κ3) is 14.7. The second kappa shape index (κ2) is 14.1. The second-order valence-electron chi connectivity index (χ2n) is 12.9. The smallest absolute Gasteiger partial charge is 1.00 e. The number of allylic oxidation sites excluding steroid dienone is 8. The summed E-state index contributed by atoms with van der Waals surface area (Å²) in [5.74, 6) is 0. The summed E-state index contributed by atoms with van der Waals surface area (Å²) in [7, 11) is 0. The van der Waals surface area contributed by atoms with Gasteiger partial charge in [0.1, 0.15) is 0 Å². The second-order valence-corrected chi connectivity index (χ2v) is 19.6. The van der Waals surface area contributed by atoms with Gasteiger partial charge in [-0.2, -0.15) is 11.1 Å². The van der Waals surface area contributed by atoms with E-state index in [0.29, 0.717) is 10.8 Å². The quantitative estimate of drug-likeness (QED) is 0.333. The van der Waals surface area contributed by atoms with Crippen molar-refractivity contribution in [3.05, 3.63) is 46.6 Å². The van der Waals surface area contributed by atoms with Crippen LogP contribution in [0.2, 0.25) is 13.1 Å². The molecule has 0 bridgehead atoms. The van der Waals surface area contributed by atoms with Gasteiger partial charge in [0.05, 0.1) is 0 Å². The van der Waals surface area contributed by atoms with E-state index in [4.69, 9.17) is 0 Å². The van der Waals surface area contributed by atoms with Crippen LogP contribution in [-0.4, -0.2) is 6.19 Å². The van der Waals surface area contributed by atoms with Crippen LogP contribution in [0.5, 0.6) is 0 Å². The fraction of sp³-hybridized carbons (Fsp3) is 0.714. The third-order valence-corrected chi connectivity index (χ3v) is 5.12.